The van der Waals surface area contributed by atoms with Crippen molar-refractivity contribution in [3.63, 3.8) is 0 Å². The van der Waals surface area contributed by atoms with Crippen molar-refractivity contribution in [3.8, 4) is 11.5 Å². The van der Waals surface area contributed by atoms with Gasteiger partial charge in [-0.2, -0.15) is 4.98 Å². The van der Waals surface area contributed by atoms with Crippen LogP contribution in [0.25, 0.3) is 11.5 Å². The molecule has 2 aliphatic rings. The van der Waals surface area contributed by atoms with Crippen molar-refractivity contribution in [2.24, 2.45) is 0 Å². The van der Waals surface area contributed by atoms with Gasteiger partial charge >= 0.3 is 0 Å². The first-order valence-electron chi connectivity index (χ1n) is 8.38. The molecule has 4 rings (SSSR count). The molecule has 2 fully saturated rings. The van der Waals surface area contributed by atoms with Crippen LogP contribution in [0, 0.1) is 0 Å². The maximum atomic E-state index is 5.63. The number of benzene rings is 1. The van der Waals surface area contributed by atoms with Crippen molar-refractivity contribution in [1.29, 1.82) is 0 Å². The van der Waals surface area contributed by atoms with Gasteiger partial charge in [0.25, 0.3) is 5.89 Å². The highest BCUT2D eigenvalue weighted by Crippen LogP contribution is 2.43. The molecule has 5 nitrogen and oxygen atoms in total. The van der Waals surface area contributed by atoms with E-state index in [1.807, 2.05) is 6.07 Å². The van der Waals surface area contributed by atoms with E-state index in [1.54, 1.807) is 7.11 Å². The molecule has 1 aromatic carbocycles. The number of aromatic nitrogens is 2. The van der Waals surface area contributed by atoms with Crippen LogP contribution in [0.5, 0.6) is 0 Å². The minimum atomic E-state index is -0.337. The van der Waals surface area contributed by atoms with Crippen LogP contribution in [0.3, 0.4) is 0 Å². The number of nitrogens with zero attached hydrogens (tertiary/aromatic N) is 2. The number of hydrogen-bond acceptors (Lipinski definition) is 5. The van der Waals surface area contributed by atoms with E-state index in [2.05, 4.69) is 28.3 Å². The second-order valence-corrected chi connectivity index (χ2v) is 6.51. The van der Waals surface area contributed by atoms with Crippen molar-refractivity contribution < 1.29 is 14.0 Å². The lowest BCUT2D eigenvalue weighted by Gasteiger charge is -2.37. The van der Waals surface area contributed by atoms with Crippen LogP contribution in [-0.2, 0) is 15.1 Å². The fourth-order valence-electron chi connectivity index (χ4n) is 3.47. The molecule has 0 amide bonds. The van der Waals surface area contributed by atoms with Crippen LogP contribution in [0.15, 0.2) is 28.8 Å². The van der Waals surface area contributed by atoms with Crippen LogP contribution in [0.1, 0.15) is 49.4 Å². The molecule has 1 atom stereocenters. The number of methoxy groups -OCH3 is 1. The Morgan fingerprint density at radius 2 is 2.17 bits per heavy atom. The van der Waals surface area contributed by atoms with Crippen molar-refractivity contribution in [3.05, 3.63) is 35.7 Å². The van der Waals surface area contributed by atoms with Crippen LogP contribution in [0.2, 0.25) is 0 Å². The quantitative estimate of drug-likeness (QED) is 0.862. The standard InChI is InChI=1S/C18H22N2O3/c1-21-18(8-4-9-18)17-19-16(23-20-17)14-6-2-5-13(11-14)15-7-3-10-22-12-15/h2,5-6,11,15H,3-4,7-10,12H2,1H3. The summed E-state index contributed by atoms with van der Waals surface area (Å²) in [6, 6.07) is 8.38. The monoisotopic (exact) mass is 314 g/mol. The lowest BCUT2D eigenvalue weighted by Crippen LogP contribution is -2.37. The Bertz CT molecular complexity index is 667. The smallest absolute Gasteiger partial charge is 0.258 e. The summed E-state index contributed by atoms with van der Waals surface area (Å²) >= 11 is 0. The van der Waals surface area contributed by atoms with Gasteiger partial charge in [-0.3, -0.25) is 0 Å². The zero-order valence-corrected chi connectivity index (χ0v) is 13.5. The molecule has 23 heavy (non-hydrogen) atoms. The Morgan fingerprint density at radius 1 is 1.26 bits per heavy atom. The van der Waals surface area contributed by atoms with Crippen molar-refractivity contribution in [2.45, 2.75) is 43.6 Å². The SMILES string of the molecule is COC1(c2noc(-c3cccc(C4CCCOC4)c3)n2)CCC1. The van der Waals surface area contributed by atoms with Crippen LogP contribution >= 0.6 is 0 Å². The van der Waals surface area contributed by atoms with E-state index in [-0.39, 0.29) is 5.60 Å². The first-order valence-corrected chi connectivity index (χ1v) is 8.38. The molecule has 0 spiro atoms. The molecule has 5 heteroatoms. The highest BCUT2D eigenvalue weighted by atomic mass is 16.5. The van der Waals surface area contributed by atoms with Crippen LogP contribution < -0.4 is 0 Å². The molecular formula is C18H22N2O3. The van der Waals surface area contributed by atoms with Gasteiger partial charge in [-0.15, -0.1) is 0 Å². The summed E-state index contributed by atoms with van der Waals surface area (Å²) in [6.07, 6.45) is 5.36. The van der Waals surface area contributed by atoms with Crippen LogP contribution in [-0.4, -0.2) is 30.5 Å². The molecule has 122 valence electrons. The fourth-order valence-corrected chi connectivity index (χ4v) is 3.47. The first kappa shape index (κ1) is 14.8. The Morgan fingerprint density at radius 3 is 2.87 bits per heavy atom. The number of hydrogen-bond donors (Lipinski definition) is 0. The Balaban J connectivity index is 1.59. The predicted octanol–water partition coefficient (Wildman–Crippen LogP) is 3.66. The van der Waals surface area contributed by atoms with E-state index in [1.165, 1.54) is 12.0 Å². The summed E-state index contributed by atoms with van der Waals surface area (Å²) in [5, 5.41) is 4.16. The average molecular weight is 314 g/mol. The molecule has 0 N–H and O–H groups in total. The molecule has 1 aliphatic heterocycles. The van der Waals surface area contributed by atoms with Crippen molar-refractivity contribution >= 4 is 0 Å². The van der Waals surface area contributed by atoms with Gasteiger partial charge in [0.2, 0.25) is 5.82 Å². The van der Waals surface area contributed by atoms with Gasteiger partial charge in [0.05, 0.1) is 6.61 Å². The molecular weight excluding hydrogens is 292 g/mol. The molecule has 1 saturated carbocycles. The highest BCUT2D eigenvalue weighted by Gasteiger charge is 2.43. The summed E-state index contributed by atoms with van der Waals surface area (Å²) in [5.41, 5.74) is 1.92. The Kier molecular flexibility index (Phi) is 3.91. The van der Waals surface area contributed by atoms with Crippen molar-refractivity contribution in [2.75, 3.05) is 20.3 Å². The molecule has 2 aromatic rings. The largest absolute Gasteiger partial charge is 0.381 e. The summed E-state index contributed by atoms with van der Waals surface area (Å²) in [5.74, 6) is 1.71. The van der Waals surface area contributed by atoms with E-state index in [4.69, 9.17) is 14.0 Å². The minimum Gasteiger partial charge on any atom is -0.381 e. The lowest BCUT2D eigenvalue weighted by atomic mass is 9.79. The molecule has 1 aliphatic carbocycles. The molecule has 0 bridgehead atoms. The third kappa shape index (κ3) is 2.68. The zero-order valence-electron chi connectivity index (χ0n) is 13.5. The van der Waals surface area contributed by atoms with E-state index in [9.17, 15) is 0 Å². The first-order chi connectivity index (χ1) is 11.3. The maximum absolute atomic E-state index is 5.63. The molecule has 2 heterocycles. The minimum absolute atomic E-state index is 0.337. The Labute approximate surface area is 136 Å². The third-order valence-corrected chi connectivity index (χ3v) is 5.15. The summed E-state index contributed by atoms with van der Waals surface area (Å²) < 4.78 is 16.7. The van der Waals surface area contributed by atoms with E-state index in [0.29, 0.717) is 17.6 Å². The maximum Gasteiger partial charge on any atom is 0.258 e. The van der Waals surface area contributed by atoms with Gasteiger partial charge in [-0.25, -0.2) is 0 Å². The number of rotatable bonds is 4. The summed E-state index contributed by atoms with van der Waals surface area (Å²) in [6.45, 7) is 1.67. The van der Waals surface area contributed by atoms with Gasteiger partial charge in [0.15, 0.2) is 0 Å². The van der Waals surface area contributed by atoms with Gasteiger partial charge < -0.3 is 14.0 Å². The molecule has 1 unspecified atom stereocenters. The average Bonchev–Trinajstić information content (AvgIpc) is 3.06. The normalized spacial score (nSPS) is 23.4. The molecule has 0 radical (unpaired) electrons. The fraction of sp³-hybridized carbons (Fsp3) is 0.556. The number of ether oxygens (including phenoxy) is 2. The highest BCUT2D eigenvalue weighted by molar-refractivity contribution is 5.54. The summed E-state index contributed by atoms with van der Waals surface area (Å²) in [7, 11) is 1.72. The van der Waals surface area contributed by atoms with E-state index >= 15 is 0 Å². The van der Waals surface area contributed by atoms with Gasteiger partial charge in [0.1, 0.15) is 5.60 Å². The Hall–Kier alpha value is -1.72. The third-order valence-electron chi connectivity index (χ3n) is 5.15. The molecule has 1 saturated heterocycles. The second-order valence-electron chi connectivity index (χ2n) is 6.51. The van der Waals surface area contributed by atoms with Gasteiger partial charge in [-0.05, 0) is 49.8 Å². The summed E-state index contributed by atoms with van der Waals surface area (Å²) in [4.78, 5) is 4.60. The van der Waals surface area contributed by atoms with Gasteiger partial charge in [-0.1, -0.05) is 17.3 Å². The lowest BCUT2D eigenvalue weighted by molar-refractivity contribution is -0.0858. The van der Waals surface area contributed by atoms with E-state index in [0.717, 1.165) is 44.5 Å². The topological polar surface area (TPSA) is 57.4 Å². The second kappa shape index (κ2) is 6.06. The predicted molar refractivity (Wildman–Crippen MR) is 85.1 cm³/mol. The molecule has 1 aromatic heterocycles. The van der Waals surface area contributed by atoms with E-state index < -0.39 is 0 Å². The van der Waals surface area contributed by atoms with Crippen molar-refractivity contribution in [1.82, 2.24) is 10.1 Å². The zero-order chi connectivity index (χ0) is 15.7. The van der Waals surface area contributed by atoms with Crippen LogP contribution in [0.4, 0.5) is 0 Å². The van der Waals surface area contributed by atoms with Gasteiger partial charge in [0, 0.05) is 25.2 Å².